The molecule has 0 saturated carbocycles. The van der Waals surface area contributed by atoms with Crippen LogP contribution in [0.4, 0.5) is 0 Å². The number of hydrogen-bond acceptors (Lipinski definition) is 4. The highest BCUT2D eigenvalue weighted by Gasteiger charge is 2.14. The van der Waals surface area contributed by atoms with E-state index in [1.54, 1.807) is 0 Å². The molecule has 0 aromatic heterocycles. The number of hydrogen-bond donors (Lipinski definition) is 1. The third-order valence-corrected chi connectivity index (χ3v) is 4.06. The van der Waals surface area contributed by atoms with Crippen LogP contribution in [0, 0.1) is 0 Å². The minimum absolute atomic E-state index is 0.441. The van der Waals surface area contributed by atoms with Crippen molar-refractivity contribution in [2.75, 3.05) is 46.4 Å². The smallest absolute Gasteiger partial charge is 0.119 e. The number of nitrogens with zero attached hydrogens (tertiary/aromatic N) is 2. The second kappa shape index (κ2) is 8.37. The molecule has 1 heterocycles. The van der Waals surface area contributed by atoms with Gasteiger partial charge >= 0.3 is 0 Å². The van der Waals surface area contributed by atoms with Crippen LogP contribution in [0.1, 0.15) is 31.4 Å². The van der Waals surface area contributed by atoms with Crippen molar-refractivity contribution >= 4 is 0 Å². The molecule has 1 N–H and O–H groups in total. The van der Waals surface area contributed by atoms with E-state index in [2.05, 4.69) is 16.8 Å². The average molecular weight is 292 g/mol. The van der Waals surface area contributed by atoms with Crippen LogP contribution < -0.4 is 4.74 Å². The minimum Gasteiger partial charge on any atom is -0.494 e. The number of benzene rings is 1. The first-order valence-electron chi connectivity index (χ1n) is 8.00. The van der Waals surface area contributed by atoms with Gasteiger partial charge in [0.1, 0.15) is 5.75 Å². The predicted molar refractivity (Wildman–Crippen MR) is 85.7 cm³/mol. The average Bonchev–Trinajstić information content (AvgIpc) is 2.99. The molecule has 1 aliphatic rings. The SMILES string of the molecule is CCOc1ccc(C(O)CN(C)CCN2CCCC2)cc1. The first kappa shape index (κ1) is 16.3. The number of aliphatic hydroxyl groups excluding tert-OH is 1. The monoisotopic (exact) mass is 292 g/mol. The molecule has 0 spiro atoms. The standard InChI is InChI=1S/C17H28N2O2/c1-3-21-16-8-6-15(7-9-16)17(20)14-18(2)12-13-19-10-4-5-11-19/h6-9,17,20H,3-5,10-14H2,1-2H3. The summed E-state index contributed by atoms with van der Waals surface area (Å²) in [6, 6.07) is 7.74. The van der Waals surface area contributed by atoms with Crippen LogP contribution in [0.15, 0.2) is 24.3 Å². The summed E-state index contributed by atoms with van der Waals surface area (Å²) >= 11 is 0. The normalized spacial score (nSPS) is 17.3. The van der Waals surface area contributed by atoms with E-state index in [1.807, 2.05) is 31.2 Å². The van der Waals surface area contributed by atoms with Crippen molar-refractivity contribution in [1.29, 1.82) is 0 Å². The fourth-order valence-electron chi connectivity index (χ4n) is 2.76. The zero-order valence-corrected chi connectivity index (χ0v) is 13.3. The Morgan fingerprint density at radius 3 is 2.52 bits per heavy atom. The maximum atomic E-state index is 10.3. The van der Waals surface area contributed by atoms with Gasteiger partial charge in [-0.2, -0.15) is 0 Å². The number of likely N-dealkylation sites (tertiary alicyclic amines) is 1. The topological polar surface area (TPSA) is 35.9 Å². The third kappa shape index (κ3) is 5.30. The van der Waals surface area contributed by atoms with Crippen LogP contribution in [-0.4, -0.2) is 61.3 Å². The zero-order chi connectivity index (χ0) is 15.1. The van der Waals surface area contributed by atoms with E-state index in [4.69, 9.17) is 4.74 Å². The lowest BCUT2D eigenvalue weighted by atomic mass is 10.1. The van der Waals surface area contributed by atoms with E-state index < -0.39 is 6.10 Å². The fourth-order valence-corrected chi connectivity index (χ4v) is 2.76. The van der Waals surface area contributed by atoms with Gasteiger partial charge in [-0.3, -0.25) is 0 Å². The molecule has 4 nitrogen and oxygen atoms in total. The van der Waals surface area contributed by atoms with Gasteiger partial charge in [-0.1, -0.05) is 12.1 Å². The summed E-state index contributed by atoms with van der Waals surface area (Å²) in [6.07, 6.45) is 2.22. The van der Waals surface area contributed by atoms with Crippen molar-refractivity contribution < 1.29 is 9.84 Å². The predicted octanol–water partition coefficient (Wildman–Crippen LogP) is 2.15. The van der Waals surface area contributed by atoms with Gasteiger partial charge in [-0.05, 0) is 57.6 Å². The Labute approximate surface area is 128 Å². The highest BCUT2D eigenvalue weighted by atomic mass is 16.5. The van der Waals surface area contributed by atoms with Gasteiger partial charge in [-0.25, -0.2) is 0 Å². The molecular formula is C17H28N2O2. The van der Waals surface area contributed by atoms with Gasteiger partial charge in [0.15, 0.2) is 0 Å². The first-order valence-corrected chi connectivity index (χ1v) is 8.00. The van der Waals surface area contributed by atoms with Gasteiger partial charge in [-0.15, -0.1) is 0 Å². The number of rotatable bonds is 8. The zero-order valence-electron chi connectivity index (χ0n) is 13.3. The van der Waals surface area contributed by atoms with Crippen LogP contribution in [-0.2, 0) is 0 Å². The molecule has 21 heavy (non-hydrogen) atoms. The van der Waals surface area contributed by atoms with Gasteiger partial charge in [0.2, 0.25) is 0 Å². The fraction of sp³-hybridized carbons (Fsp3) is 0.647. The van der Waals surface area contributed by atoms with E-state index in [0.717, 1.165) is 24.4 Å². The molecule has 118 valence electrons. The molecule has 1 aromatic rings. The van der Waals surface area contributed by atoms with Crippen molar-refractivity contribution in [1.82, 2.24) is 9.80 Å². The van der Waals surface area contributed by atoms with Crippen LogP contribution in [0.5, 0.6) is 5.75 Å². The van der Waals surface area contributed by atoms with Crippen molar-refractivity contribution in [3.05, 3.63) is 29.8 Å². The lowest BCUT2D eigenvalue weighted by molar-refractivity contribution is 0.121. The number of aliphatic hydroxyl groups is 1. The Bertz CT molecular complexity index is 402. The summed E-state index contributed by atoms with van der Waals surface area (Å²) < 4.78 is 5.42. The van der Waals surface area contributed by atoms with Crippen molar-refractivity contribution in [3.63, 3.8) is 0 Å². The lowest BCUT2D eigenvalue weighted by Gasteiger charge is -2.23. The first-order chi connectivity index (χ1) is 10.2. The number of likely N-dealkylation sites (N-methyl/N-ethyl adjacent to an activating group) is 1. The van der Waals surface area contributed by atoms with Crippen molar-refractivity contribution in [3.8, 4) is 5.75 Å². The Hall–Kier alpha value is -1.10. The van der Waals surface area contributed by atoms with E-state index in [1.165, 1.54) is 25.9 Å². The lowest BCUT2D eigenvalue weighted by Crippen LogP contribution is -2.33. The van der Waals surface area contributed by atoms with Gasteiger partial charge in [0, 0.05) is 19.6 Å². The number of ether oxygens (including phenoxy) is 1. The summed E-state index contributed by atoms with van der Waals surface area (Å²) in [5, 5.41) is 10.3. The maximum Gasteiger partial charge on any atom is 0.119 e. The van der Waals surface area contributed by atoms with E-state index in [-0.39, 0.29) is 0 Å². The van der Waals surface area contributed by atoms with Gasteiger partial charge in [0.05, 0.1) is 12.7 Å². The van der Waals surface area contributed by atoms with Crippen LogP contribution in [0.2, 0.25) is 0 Å². The molecule has 1 aromatic carbocycles. The van der Waals surface area contributed by atoms with Crippen LogP contribution in [0.25, 0.3) is 0 Å². The van der Waals surface area contributed by atoms with Gasteiger partial charge in [0.25, 0.3) is 0 Å². The second-order valence-corrected chi connectivity index (χ2v) is 5.83. The molecule has 0 amide bonds. The molecule has 4 heteroatoms. The van der Waals surface area contributed by atoms with Crippen LogP contribution in [0.3, 0.4) is 0 Å². The van der Waals surface area contributed by atoms with E-state index in [0.29, 0.717) is 13.2 Å². The van der Waals surface area contributed by atoms with Gasteiger partial charge < -0.3 is 19.6 Å². The van der Waals surface area contributed by atoms with Crippen molar-refractivity contribution in [2.24, 2.45) is 0 Å². The van der Waals surface area contributed by atoms with Crippen molar-refractivity contribution in [2.45, 2.75) is 25.9 Å². The summed E-state index contributed by atoms with van der Waals surface area (Å²) in [6.45, 7) is 7.88. The molecule has 1 atom stereocenters. The molecule has 0 radical (unpaired) electrons. The van der Waals surface area contributed by atoms with E-state index in [9.17, 15) is 5.11 Å². The largest absolute Gasteiger partial charge is 0.494 e. The molecule has 2 rings (SSSR count). The second-order valence-electron chi connectivity index (χ2n) is 5.83. The Balaban J connectivity index is 1.75. The minimum atomic E-state index is -0.441. The Kier molecular flexibility index (Phi) is 6.49. The van der Waals surface area contributed by atoms with E-state index >= 15 is 0 Å². The third-order valence-electron chi connectivity index (χ3n) is 4.06. The molecule has 1 unspecified atom stereocenters. The highest BCUT2D eigenvalue weighted by Crippen LogP contribution is 2.18. The Morgan fingerprint density at radius 2 is 1.90 bits per heavy atom. The summed E-state index contributed by atoms with van der Waals surface area (Å²) in [5.41, 5.74) is 0.950. The molecule has 0 bridgehead atoms. The molecule has 1 aliphatic heterocycles. The van der Waals surface area contributed by atoms with Crippen LogP contribution >= 0.6 is 0 Å². The molecule has 1 fully saturated rings. The quantitative estimate of drug-likeness (QED) is 0.796. The maximum absolute atomic E-state index is 10.3. The Morgan fingerprint density at radius 1 is 1.24 bits per heavy atom. The highest BCUT2D eigenvalue weighted by molar-refractivity contribution is 5.28. The summed E-state index contributed by atoms with van der Waals surface area (Å²) in [4.78, 5) is 4.71. The molecule has 0 aliphatic carbocycles. The molecule has 1 saturated heterocycles. The summed E-state index contributed by atoms with van der Waals surface area (Å²) in [7, 11) is 2.08. The molecular weight excluding hydrogens is 264 g/mol. The summed E-state index contributed by atoms with van der Waals surface area (Å²) in [5.74, 6) is 0.857.